The Hall–Kier alpha value is -2.36. The maximum Gasteiger partial charge on any atom is 0.338 e. The monoisotopic (exact) mass is 388 g/mol. The van der Waals surface area contributed by atoms with Crippen LogP contribution in [-0.2, 0) is 22.4 Å². The fraction of sp³-hybridized carbons (Fsp3) is 0.316. The van der Waals surface area contributed by atoms with Crippen molar-refractivity contribution in [2.75, 3.05) is 11.9 Å². The summed E-state index contributed by atoms with van der Waals surface area (Å²) in [6.07, 6.45) is 2.83. The van der Waals surface area contributed by atoms with Gasteiger partial charge < -0.3 is 10.1 Å². The van der Waals surface area contributed by atoms with Crippen molar-refractivity contribution in [3.05, 3.63) is 50.9 Å². The Labute approximate surface area is 160 Å². The summed E-state index contributed by atoms with van der Waals surface area (Å²) < 4.78 is 5.02. The quantitative estimate of drug-likeness (QED) is 0.796. The molecule has 0 saturated carbocycles. The first-order valence-electron chi connectivity index (χ1n) is 8.25. The summed E-state index contributed by atoms with van der Waals surface area (Å²) in [5, 5.41) is 13.2. The number of nitrogens with zero attached hydrogens (tertiary/aromatic N) is 1. The number of hydrogen-bond donors (Lipinski definition) is 1. The minimum absolute atomic E-state index is 0.320. The normalized spacial score (nSPS) is 15.7. The van der Waals surface area contributed by atoms with E-state index in [-0.39, 0.29) is 0 Å². The highest BCUT2D eigenvalue weighted by atomic mass is 35.5. The molecule has 1 heterocycles. The number of amides is 1. The maximum absolute atomic E-state index is 12.1. The third kappa shape index (κ3) is 4.06. The number of benzene rings is 1. The average Bonchev–Trinajstić information content (AvgIpc) is 2.96. The van der Waals surface area contributed by atoms with Crippen LogP contribution in [0.25, 0.3) is 0 Å². The van der Waals surface area contributed by atoms with E-state index in [0.717, 1.165) is 29.7 Å². The summed E-state index contributed by atoms with van der Waals surface area (Å²) >= 11 is 7.21. The van der Waals surface area contributed by atoms with Gasteiger partial charge in [0.1, 0.15) is 11.1 Å². The van der Waals surface area contributed by atoms with Crippen LogP contribution in [0, 0.1) is 17.2 Å². The van der Waals surface area contributed by atoms with E-state index >= 15 is 0 Å². The van der Waals surface area contributed by atoms with Crippen molar-refractivity contribution in [3.8, 4) is 6.07 Å². The molecule has 2 aromatic rings. The minimum Gasteiger partial charge on any atom is -0.452 e. The molecule has 0 bridgehead atoms. The van der Waals surface area contributed by atoms with Gasteiger partial charge in [-0.15, -0.1) is 11.3 Å². The predicted octanol–water partition coefficient (Wildman–Crippen LogP) is 4.19. The molecule has 1 N–H and O–H groups in total. The van der Waals surface area contributed by atoms with Crippen LogP contribution in [0.5, 0.6) is 0 Å². The topological polar surface area (TPSA) is 79.2 Å². The second-order valence-corrected chi connectivity index (χ2v) is 7.84. The molecule has 26 heavy (non-hydrogen) atoms. The lowest BCUT2D eigenvalue weighted by Gasteiger charge is -2.17. The van der Waals surface area contributed by atoms with Gasteiger partial charge >= 0.3 is 5.97 Å². The van der Waals surface area contributed by atoms with Crippen molar-refractivity contribution in [2.45, 2.75) is 26.2 Å². The molecule has 0 unspecified atom stereocenters. The van der Waals surface area contributed by atoms with E-state index in [0.29, 0.717) is 27.1 Å². The number of nitriles is 1. The Balaban J connectivity index is 1.63. The first-order chi connectivity index (χ1) is 12.5. The number of halogens is 1. The van der Waals surface area contributed by atoms with E-state index in [1.807, 2.05) is 0 Å². The Kier molecular flexibility index (Phi) is 5.60. The number of rotatable bonds is 4. The van der Waals surface area contributed by atoms with E-state index in [2.05, 4.69) is 18.3 Å². The van der Waals surface area contributed by atoms with Crippen LogP contribution in [-0.4, -0.2) is 18.5 Å². The Morgan fingerprint density at radius 3 is 2.81 bits per heavy atom. The molecule has 0 saturated heterocycles. The molecular formula is C19H17ClN2O3S. The second-order valence-electron chi connectivity index (χ2n) is 6.30. The summed E-state index contributed by atoms with van der Waals surface area (Å²) in [6, 6.07) is 8.42. The minimum atomic E-state index is -0.600. The molecule has 0 fully saturated rings. The smallest absolute Gasteiger partial charge is 0.338 e. The second kappa shape index (κ2) is 7.90. The van der Waals surface area contributed by atoms with Gasteiger partial charge in [0.2, 0.25) is 0 Å². The van der Waals surface area contributed by atoms with Gasteiger partial charge in [-0.3, -0.25) is 4.79 Å². The molecule has 1 aromatic heterocycles. The third-order valence-electron chi connectivity index (χ3n) is 4.29. The van der Waals surface area contributed by atoms with Crippen molar-refractivity contribution < 1.29 is 14.3 Å². The van der Waals surface area contributed by atoms with Crippen molar-refractivity contribution in [1.82, 2.24) is 0 Å². The van der Waals surface area contributed by atoms with Gasteiger partial charge in [0.05, 0.1) is 11.1 Å². The Morgan fingerprint density at radius 1 is 1.38 bits per heavy atom. The van der Waals surface area contributed by atoms with E-state index in [9.17, 15) is 14.9 Å². The Bertz CT molecular complexity index is 883. The van der Waals surface area contributed by atoms with Crippen LogP contribution in [0.15, 0.2) is 24.3 Å². The number of hydrogen-bond acceptors (Lipinski definition) is 5. The van der Waals surface area contributed by atoms with Crippen molar-refractivity contribution in [1.29, 1.82) is 5.26 Å². The van der Waals surface area contributed by atoms with E-state index in [1.54, 1.807) is 12.1 Å². The largest absolute Gasteiger partial charge is 0.452 e. The molecule has 0 aliphatic heterocycles. The number of fused-ring (bicyclic) bond motifs is 1. The Morgan fingerprint density at radius 2 is 2.12 bits per heavy atom. The fourth-order valence-electron chi connectivity index (χ4n) is 2.92. The summed E-state index contributed by atoms with van der Waals surface area (Å²) in [7, 11) is 0. The highest BCUT2D eigenvalue weighted by Crippen LogP contribution is 2.39. The highest BCUT2D eigenvalue weighted by molar-refractivity contribution is 7.16. The molecule has 1 aromatic carbocycles. The van der Waals surface area contributed by atoms with Crippen molar-refractivity contribution >= 4 is 39.8 Å². The number of ether oxygens (including phenoxy) is 1. The summed E-state index contributed by atoms with van der Waals surface area (Å²) in [6.45, 7) is 1.77. The SMILES string of the molecule is C[C@@H]1CCc2c(sc(NC(=O)COC(=O)c3ccc(Cl)cc3)c2C#N)C1. The number of esters is 1. The average molecular weight is 389 g/mol. The van der Waals surface area contributed by atoms with Gasteiger partial charge in [-0.05, 0) is 55.0 Å². The van der Waals surface area contributed by atoms with Gasteiger partial charge in [0.25, 0.3) is 5.91 Å². The molecule has 0 radical (unpaired) electrons. The zero-order chi connectivity index (χ0) is 18.7. The molecular weight excluding hydrogens is 372 g/mol. The molecule has 1 amide bonds. The first-order valence-corrected chi connectivity index (χ1v) is 9.44. The number of nitrogens with one attached hydrogen (secondary N) is 1. The molecule has 134 valence electrons. The van der Waals surface area contributed by atoms with Crippen LogP contribution in [0.2, 0.25) is 5.02 Å². The number of anilines is 1. The number of carbonyl (C=O) groups is 2. The van der Waals surface area contributed by atoms with E-state index in [1.165, 1.54) is 23.5 Å². The van der Waals surface area contributed by atoms with Crippen LogP contribution in [0.1, 0.15) is 39.7 Å². The van der Waals surface area contributed by atoms with Gasteiger partial charge in [-0.2, -0.15) is 5.26 Å². The molecule has 1 atom stereocenters. The van der Waals surface area contributed by atoms with Crippen LogP contribution in [0.3, 0.4) is 0 Å². The zero-order valence-electron chi connectivity index (χ0n) is 14.2. The fourth-order valence-corrected chi connectivity index (χ4v) is 4.42. The van der Waals surface area contributed by atoms with Gasteiger partial charge in [0, 0.05) is 9.90 Å². The third-order valence-corrected chi connectivity index (χ3v) is 5.71. The molecule has 3 rings (SSSR count). The number of carbonyl (C=O) groups excluding carboxylic acids is 2. The summed E-state index contributed by atoms with van der Waals surface area (Å²) in [5.74, 6) is -0.483. The lowest BCUT2D eigenvalue weighted by Crippen LogP contribution is -2.20. The summed E-state index contributed by atoms with van der Waals surface area (Å²) in [5.41, 5.74) is 1.90. The molecule has 0 spiro atoms. The summed E-state index contributed by atoms with van der Waals surface area (Å²) in [4.78, 5) is 25.2. The first kappa shape index (κ1) is 18.4. The van der Waals surface area contributed by atoms with Crippen LogP contribution >= 0.6 is 22.9 Å². The van der Waals surface area contributed by atoms with E-state index < -0.39 is 18.5 Å². The van der Waals surface area contributed by atoms with Crippen LogP contribution < -0.4 is 5.32 Å². The van der Waals surface area contributed by atoms with Crippen molar-refractivity contribution in [2.24, 2.45) is 5.92 Å². The lowest BCUT2D eigenvalue weighted by atomic mass is 9.89. The standard InChI is InChI=1S/C19H17ClN2O3S/c1-11-2-7-14-15(9-21)18(26-16(14)8-11)22-17(23)10-25-19(24)12-3-5-13(20)6-4-12/h3-6,11H,2,7-8,10H2,1H3,(H,22,23)/t11-/m1/s1. The molecule has 7 heteroatoms. The van der Waals surface area contributed by atoms with E-state index in [4.69, 9.17) is 16.3 Å². The van der Waals surface area contributed by atoms with Gasteiger partial charge in [0.15, 0.2) is 6.61 Å². The van der Waals surface area contributed by atoms with Gasteiger partial charge in [-0.1, -0.05) is 18.5 Å². The predicted molar refractivity (Wildman–Crippen MR) is 101 cm³/mol. The zero-order valence-corrected chi connectivity index (χ0v) is 15.7. The molecule has 1 aliphatic rings. The van der Waals surface area contributed by atoms with Crippen molar-refractivity contribution in [3.63, 3.8) is 0 Å². The highest BCUT2D eigenvalue weighted by Gasteiger charge is 2.24. The van der Waals surface area contributed by atoms with Crippen LogP contribution in [0.4, 0.5) is 5.00 Å². The number of thiophene rings is 1. The molecule has 5 nitrogen and oxygen atoms in total. The maximum atomic E-state index is 12.1. The lowest BCUT2D eigenvalue weighted by molar-refractivity contribution is -0.119. The molecule has 1 aliphatic carbocycles. The van der Waals surface area contributed by atoms with Gasteiger partial charge in [-0.25, -0.2) is 4.79 Å².